The van der Waals surface area contributed by atoms with Crippen LogP contribution in [0.4, 0.5) is 10.1 Å². The number of rotatable bonds is 8. The van der Waals surface area contributed by atoms with E-state index in [-0.39, 0.29) is 40.6 Å². The van der Waals surface area contributed by atoms with E-state index in [0.29, 0.717) is 0 Å². The summed E-state index contributed by atoms with van der Waals surface area (Å²) in [5, 5.41) is 17.9. The number of aromatic carboxylic acids is 1. The van der Waals surface area contributed by atoms with Gasteiger partial charge in [-0.3, -0.25) is 9.10 Å². The van der Waals surface area contributed by atoms with Crippen molar-refractivity contribution < 1.29 is 32.6 Å². The molecule has 0 bridgehead atoms. The Hall–Kier alpha value is -2.65. The lowest BCUT2D eigenvalue weighted by Crippen LogP contribution is -2.32. The van der Waals surface area contributed by atoms with E-state index in [2.05, 4.69) is 0 Å². The van der Waals surface area contributed by atoms with Crippen LogP contribution in [0, 0.1) is 5.82 Å². The second-order valence-corrected chi connectivity index (χ2v) is 7.77. The number of carboxylic acid groups (broad SMARTS) is 2. The normalized spacial score (nSPS) is 11.2. The lowest BCUT2D eigenvalue weighted by molar-refractivity contribution is -0.137. The van der Waals surface area contributed by atoms with Crippen molar-refractivity contribution in [3.8, 4) is 0 Å². The van der Waals surface area contributed by atoms with Crippen LogP contribution in [0.1, 0.15) is 23.2 Å². The predicted octanol–water partition coefficient (Wildman–Crippen LogP) is 3.24. The van der Waals surface area contributed by atoms with Crippen LogP contribution < -0.4 is 4.31 Å². The molecule has 0 spiro atoms. The van der Waals surface area contributed by atoms with Crippen molar-refractivity contribution in [2.75, 3.05) is 10.8 Å². The Kier molecular flexibility index (Phi) is 6.40. The summed E-state index contributed by atoms with van der Waals surface area (Å²) < 4.78 is 39.9. The highest BCUT2D eigenvalue weighted by molar-refractivity contribution is 7.92. The summed E-state index contributed by atoms with van der Waals surface area (Å²) in [6, 6.07) is 7.75. The third kappa shape index (κ3) is 4.95. The molecule has 0 aliphatic rings. The van der Waals surface area contributed by atoms with Crippen LogP contribution in [-0.4, -0.2) is 37.1 Å². The first kappa shape index (κ1) is 20.7. The van der Waals surface area contributed by atoms with Crippen LogP contribution in [0.5, 0.6) is 0 Å². The molecule has 0 saturated carbocycles. The maximum atomic E-state index is 13.1. The largest absolute Gasteiger partial charge is 0.481 e. The molecule has 2 aromatic rings. The number of aliphatic carboxylic acids is 1. The number of hydrogen-bond donors (Lipinski definition) is 2. The molecule has 0 aliphatic heterocycles. The van der Waals surface area contributed by atoms with Gasteiger partial charge < -0.3 is 10.2 Å². The van der Waals surface area contributed by atoms with Crippen molar-refractivity contribution in [2.45, 2.75) is 17.7 Å². The molecule has 2 N–H and O–H groups in total. The zero-order chi connectivity index (χ0) is 20.2. The van der Waals surface area contributed by atoms with Crippen LogP contribution >= 0.6 is 11.6 Å². The number of anilines is 1. The number of benzene rings is 2. The summed E-state index contributed by atoms with van der Waals surface area (Å²) in [5.41, 5.74) is -0.293. The van der Waals surface area contributed by atoms with Crippen molar-refractivity contribution in [1.29, 1.82) is 0 Å². The molecule has 10 heteroatoms. The van der Waals surface area contributed by atoms with Crippen LogP contribution in [0.3, 0.4) is 0 Å². The zero-order valence-corrected chi connectivity index (χ0v) is 15.4. The maximum absolute atomic E-state index is 13.1. The summed E-state index contributed by atoms with van der Waals surface area (Å²) in [6.45, 7) is -0.216. The van der Waals surface area contributed by atoms with Crippen LogP contribution in [0.15, 0.2) is 47.4 Å². The van der Waals surface area contributed by atoms with E-state index in [4.69, 9.17) is 16.7 Å². The lowest BCUT2D eigenvalue weighted by atomic mass is 10.2. The number of carboxylic acids is 2. The highest BCUT2D eigenvalue weighted by Crippen LogP contribution is 2.28. The van der Waals surface area contributed by atoms with Gasteiger partial charge in [-0.15, -0.1) is 0 Å². The SMILES string of the molecule is O=C(O)CCCN(c1ccc(Cl)c(C(=O)O)c1)S(=O)(=O)c1ccc(F)cc1. The molecule has 0 radical (unpaired) electrons. The van der Waals surface area contributed by atoms with Gasteiger partial charge in [-0.1, -0.05) is 11.6 Å². The van der Waals surface area contributed by atoms with Gasteiger partial charge in [0, 0.05) is 13.0 Å². The first-order valence-electron chi connectivity index (χ1n) is 7.66. The molecule has 0 aromatic heterocycles. The Morgan fingerprint density at radius 1 is 1.07 bits per heavy atom. The second-order valence-electron chi connectivity index (χ2n) is 5.50. The average Bonchev–Trinajstić information content (AvgIpc) is 2.59. The zero-order valence-electron chi connectivity index (χ0n) is 13.8. The number of sulfonamides is 1. The van der Waals surface area contributed by atoms with Crippen LogP contribution in [0.2, 0.25) is 5.02 Å². The molecule has 0 unspecified atom stereocenters. The van der Waals surface area contributed by atoms with Crippen molar-refractivity contribution in [2.24, 2.45) is 0 Å². The Morgan fingerprint density at radius 2 is 1.70 bits per heavy atom. The van der Waals surface area contributed by atoms with E-state index in [9.17, 15) is 27.5 Å². The number of halogens is 2. The molecule has 0 aliphatic carbocycles. The molecule has 0 atom stereocenters. The molecule has 0 fully saturated rings. The van der Waals surface area contributed by atoms with Gasteiger partial charge in [-0.25, -0.2) is 17.6 Å². The van der Waals surface area contributed by atoms with Gasteiger partial charge in [-0.2, -0.15) is 0 Å². The number of hydrogen-bond acceptors (Lipinski definition) is 4. The predicted molar refractivity (Wildman–Crippen MR) is 96.2 cm³/mol. The molecule has 7 nitrogen and oxygen atoms in total. The summed E-state index contributed by atoms with van der Waals surface area (Å²) in [5.74, 6) is -3.06. The molecule has 0 saturated heterocycles. The quantitative estimate of drug-likeness (QED) is 0.684. The Morgan fingerprint density at radius 3 is 2.26 bits per heavy atom. The second kappa shape index (κ2) is 8.36. The van der Waals surface area contributed by atoms with Gasteiger partial charge in [0.05, 0.1) is 21.2 Å². The highest BCUT2D eigenvalue weighted by atomic mass is 35.5. The minimum Gasteiger partial charge on any atom is -0.481 e. The van der Waals surface area contributed by atoms with Crippen molar-refractivity contribution in [3.63, 3.8) is 0 Å². The van der Waals surface area contributed by atoms with E-state index < -0.39 is 27.8 Å². The Balaban J connectivity index is 2.51. The van der Waals surface area contributed by atoms with Crippen molar-refractivity contribution >= 4 is 39.3 Å². The minimum absolute atomic E-state index is 0.00603. The number of nitrogens with zero attached hydrogens (tertiary/aromatic N) is 1. The molecule has 2 aromatic carbocycles. The van der Waals surface area contributed by atoms with Crippen LogP contribution in [0.25, 0.3) is 0 Å². The Bertz CT molecular complexity index is 962. The van der Waals surface area contributed by atoms with E-state index in [0.717, 1.165) is 34.6 Å². The molecule has 144 valence electrons. The topological polar surface area (TPSA) is 112 Å². The van der Waals surface area contributed by atoms with Crippen LogP contribution in [-0.2, 0) is 14.8 Å². The third-order valence-corrected chi connectivity index (χ3v) is 5.79. The molecule has 0 amide bonds. The lowest BCUT2D eigenvalue weighted by Gasteiger charge is -2.25. The standard InChI is InChI=1S/C17H15ClFNO6S/c18-15-8-5-12(10-14(15)17(23)24)20(9-1-2-16(21)22)27(25,26)13-6-3-11(19)4-7-13/h3-8,10H,1-2,9H2,(H,21,22)(H,23,24). The van der Waals surface area contributed by atoms with Crippen molar-refractivity contribution in [3.05, 3.63) is 58.9 Å². The van der Waals surface area contributed by atoms with E-state index >= 15 is 0 Å². The monoisotopic (exact) mass is 415 g/mol. The van der Waals surface area contributed by atoms with E-state index in [1.807, 2.05) is 0 Å². The van der Waals surface area contributed by atoms with E-state index in [1.165, 1.54) is 12.1 Å². The van der Waals surface area contributed by atoms with Gasteiger partial charge >= 0.3 is 11.9 Å². The first-order valence-corrected chi connectivity index (χ1v) is 9.47. The van der Waals surface area contributed by atoms with Gasteiger partial charge in [0.15, 0.2) is 0 Å². The summed E-state index contributed by atoms with van der Waals surface area (Å²) in [6.07, 6.45) is -0.296. The van der Waals surface area contributed by atoms with E-state index in [1.54, 1.807) is 0 Å². The summed E-state index contributed by atoms with van der Waals surface area (Å²) in [4.78, 5) is 21.8. The Labute approximate surface area is 159 Å². The fourth-order valence-corrected chi connectivity index (χ4v) is 4.02. The highest BCUT2D eigenvalue weighted by Gasteiger charge is 2.26. The smallest absolute Gasteiger partial charge is 0.337 e. The van der Waals surface area contributed by atoms with Gasteiger partial charge in [0.2, 0.25) is 0 Å². The maximum Gasteiger partial charge on any atom is 0.337 e. The average molecular weight is 416 g/mol. The molecular formula is C17H15ClFNO6S. The number of carbonyl (C=O) groups is 2. The minimum atomic E-state index is -4.19. The van der Waals surface area contributed by atoms with Gasteiger partial charge in [0.25, 0.3) is 10.0 Å². The summed E-state index contributed by atoms with van der Waals surface area (Å²) >= 11 is 5.82. The molecule has 2 rings (SSSR count). The van der Waals surface area contributed by atoms with Gasteiger partial charge in [-0.05, 0) is 48.9 Å². The first-order chi connectivity index (χ1) is 12.6. The molecule has 27 heavy (non-hydrogen) atoms. The fourth-order valence-electron chi connectivity index (χ4n) is 2.33. The molecular weight excluding hydrogens is 401 g/mol. The summed E-state index contributed by atoms with van der Waals surface area (Å²) in [7, 11) is -4.19. The van der Waals surface area contributed by atoms with Gasteiger partial charge in [0.1, 0.15) is 5.82 Å². The molecule has 0 heterocycles. The fraction of sp³-hybridized carbons (Fsp3) is 0.176. The third-order valence-electron chi connectivity index (χ3n) is 3.62. The van der Waals surface area contributed by atoms with Crippen molar-refractivity contribution in [1.82, 2.24) is 0 Å².